The minimum Gasteiger partial charge on any atom is -0.0625 e. The molecule has 5 aromatic rings. The Kier molecular flexibility index (Phi) is 20.8. The Hall–Kier alpha value is -3.64. The van der Waals surface area contributed by atoms with Gasteiger partial charge in [-0.3, -0.25) is 0 Å². The third-order valence-corrected chi connectivity index (χ3v) is 15.5. The minimum absolute atomic E-state index is 0.889. The van der Waals surface area contributed by atoms with Gasteiger partial charge in [-0.05, 0) is 186 Å². The number of rotatable bonds is 0. The van der Waals surface area contributed by atoms with Crippen molar-refractivity contribution in [3.8, 4) is 0 Å². The molecule has 0 aromatic heterocycles. The fourth-order valence-electron chi connectivity index (χ4n) is 11.0. The molecular weight excluding hydrogens is 769 g/mol. The van der Waals surface area contributed by atoms with E-state index in [4.69, 9.17) is 0 Å². The van der Waals surface area contributed by atoms with Crippen LogP contribution >= 0.6 is 0 Å². The van der Waals surface area contributed by atoms with E-state index < -0.39 is 0 Å². The molecule has 0 nitrogen and oxygen atoms in total. The van der Waals surface area contributed by atoms with Crippen LogP contribution in [0.4, 0.5) is 0 Å². The number of hydrogen-bond donors (Lipinski definition) is 0. The molecule has 6 atom stereocenters. The zero-order valence-electron chi connectivity index (χ0n) is 43.2. The van der Waals surface area contributed by atoms with E-state index in [0.717, 1.165) is 47.3 Å². The number of fused-ring (bicyclic) bond motifs is 4. The molecule has 0 aliphatic heterocycles. The summed E-state index contributed by atoms with van der Waals surface area (Å²) in [5.41, 5.74) is 14.5. The molecule has 0 radical (unpaired) electrons. The van der Waals surface area contributed by atoms with Crippen LogP contribution in [0, 0.1) is 88.9 Å². The molecule has 0 amide bonds. The van der Waals surface area contributed by atoms with E-state index in [1.807, 2.05) is 0 Å². The standard InChI is InChI=1S/C12H22.2C12H16.C12H12.C8H16.C8H10/c4*1-9-3-5-12-8-10(2)4-6-11(12)7-9;2*1-7-3-5-8(2)6-4-7/h9-12H,3-8H2,1-2H3;2*3,5,7,10H,4,6,8H2,1-2H3;3-8H,1-2H3;7-8H,3-6H2,1-2H3;3-6H,1-2H3. The average molecular weight is 861 g/mol. The molecule has 0 saturated heterocycles. The second kappa shape index (κ2) is 25.9. The van der Waals surface area contributed by atoms with E-state index in [1.54, 1.807) is 22.3 Å². The van der Waals surface area contributed by atoms with Gasteiger partial charge in [0.05, 0.1) is 0 Å². The SMILES string of the molecule is CC1CCC(C)CC1.CC1CCC2CC(C)CCC2C1.Cc1ccc(C)cc1.Cc1ccc2c(c1)CCC(C)C2.Cc1ccc2c(c1)CCC(C)C2.Cc1ccc2cc(C)ccc2c1. The molecule has 5 aliphatic rings. The maximum absolute atomic E-state index is 2.44. The Labute approximate surface area is 394 Å². The van der Waals surface area contributed by atoms with E-state index in [9.17, 15) is 0 Å². The molecule has 0 heteroatoms. The first kappa shape index (κ1) is 51.3. The average Bonchev–Trinajstić information content (AvgIpc) is 3.27. The predicted octanol–water partition coefficient (Wildman–Crippen LogP) is 18.7. The van der Waals surface area contributed by atoms with Crippen molar-refractivity contribution >= 4 is 10.8 Å². The van der Waals surface area contributed by atoms with Gasteiger partial charge in [0, 0.05) is 0 Å². The second-order valence-electron chi connectivity index (χ2n) is 22.5. The molecular formula is C64H92. The van der Waals surface area contributed by atoms with Gasteiger partial charge in [0.25, 0.3) is 0 Å². The van der Waals surface area contributed by atoms with Crippen molar-refractivity contribution in [2.24, 2.45) is 47.3 Å². The molecule has 3 saturated carbocycles. The molecule has 0 spiro atoms. The van der Waals surface area contributed by atoms with Gasteiger partial charge in [0.2, 0.25) is 0 Å². The van der Waals surface area contributed by atoms with Gasteiger partial charge in [-0.15, -0.1) is 0 Å². The van der Waals surface area contributed by atoms with Crippen molar-refractivity contribution in [2.45, 2.75) is 186 Å². The maximum atomic E-state index is 2.44. The highest BCUT2D eigenvalue weighted by molar-refractivity contribution is 5.83. The quantitative estimate of drug-likeness (QED) is 0.146. The van der Waals surface area contributed by atoms with Crippen LogP contribution in [0.25, 0.3) is 10.8 Å². The van der Waals surface area contributed by atoms with Crippen molar-refractivity contribution in [2.75, 3.05) is 0 Å². The summed E-state index contributed by atoms with van der Waals surface area (Å²) in [6, 6.07) is 35.4. The van der Waals surface area contributed by atoms with Crippen LogP contribution < -0.4 is 0 Å². The fraction of sp³-hybridized carbons (Fsp3) is 0.562. The number of aryl methyl sites for hydroxylation is 8. The molecule has 5 aliphatic carbocycles. The summed E-state index contributed by atoms with van der Waals surface area (Å²) in [5, 5.41) is 2.67. The minimum atomic E-state index is 0.889. The third kappa shape index (κ3) is 17.6. The van der Waals surface area contributed by atoms with Gasteiger partial charge in [-0.25, -0.2) is 0 Å². The smallest absolute Gasteiger partial charge is 0.0181 e. The van der Waals surface area contributed by atoms with E-state index in [1.165, 1.54) is 147 Å². The Morgan fingerprint density at radius 1 is 0.281 bits per heavy atom. The van der Waals surface area contributed by atoms with Gasteiger partial charge in [-0.1, -0.05) is 211 Å². The normalized spacial score (nSPS) is 25.4. The summed E-state index contributed by atoms with van der Waals surface area (Å²) in [6.07, 6.45) is 23.0. The first-order valence-corrected chi connectivity index (χ1v) is 26.3. The molecule has 348 valence electrons. The Balaban J connectivity index is 0.000000146. The predicted molar refractivity (Wildman–Crippen MR) is 284 cm³/mol. The highest BCUT2D eigenvalue weighted by Gasteiger charge is 2.32. The molecule has 10 rings (SSSR count). The van der Waals surface area contributed by atoms with E-state index >= 15 is 0 Å². The van der Waals surface area contributed by atoms with Gasteiger partial charge < -0.3 is 0 Å². The first-order valence-electron chi connectivity index (χ1n) is 26.3. The van der Waals surface area contributed by atoms with Crippen LogP contribution in [-0.4, -0.2) is 0 Å². The summed E-state index contributed by atoms with van der Waals surface area (Å²) < 4.78 is 0. The molecule has 6 unspecified atom stereocenters. The second-order valence-corrected chi connectivity index (χ2v) is 22.5. The largest absolute Gasteiger partial charge is 0.0625 e. The summed E-state index contributed by atoms with van der Waals surface area (Å²) in [4.78, 5) is 0. The Morgan fingerprint density at radius 2 is 0.594 bits per heavy atom. The van der Waals surface area contributed by atoms with Crippen molar-refractivity contribution in [1.29, 1.82) is 0 Å². The van der Waals surface area contributed by atoms with Crippen molar-refractivity contribution in [3.05, 3.63) is 153 Å². The highest BCUT2D eigenvalue weighted by atomic mass is 14.4. The fourth-order valence-corrected chi connectivity index (χ4v) is 11.0. The number of benzene rings is 5. The summed E-state index contributed by atoms with van der Waals surface area (Å²) in [6.45, 7) is 27.1. The lowest BCUT2D eigenvalue weighted by Gasteiger charge is -2.40. The van der Waals surface area contributed by atoms with Crippen molar-refractivity contribution < 1.29 is 0 Å². The summed E-state index contributed by atoms with van der Waals surface area (Å²) in [5.74, 6) is 8.10. The van der Waals surface area contributed by atoms with Crippen molar-refractivity contribution in [3.63, 3.8) is 0 Å². The van der Waals surface area contributed by atoms with Crippen LogP contribution in [0.2, 0.25) is 0 Å². The molecule has 0 bridgehead atoms. The van der Waals surface area contributed by atoms with Crippen LogP contribution in [0.3, 0.4) is 0 Å². The highest BCUT2D eigenvalue weighted by Crippen LogP contribution is 2.44. The lowest BCUT2D eigenvalue weighted by molar-refractivity contribution is 0.109. The van der Waals surface area contributed by atoms with Gasteiger partial charge >= 0.3 is 0 Å². The zero-order valence-corrected chi connectivity index (χ0v) is 43.2. The van der Waals surface area contributed by atoms with E-state index in [-0.39, 0.29) is 0 Å². The van der Waals surface area contributed by atoms with Crippen LogP contribution in [0.1, 0.15) is 174 Å². The lowest BCUT2D eigenvalue weighted by atomic mass is 9.65. The van der Waals surface area contributed by atoms with Crippen LogP contribution in [-0.2, 0) is 25.7 Å². The molecule has 3 fully saturated rings. The molecule has 0 N–H and O–H groups in total. The van der Waals surface area contributed by atoms with Gasteiger partial charge in [0.15, 0.2) is 0 Å². The summed E-state index contributed by atoms with van der Waals surface area (Å²) >= 11 is 0. The zero-order chi connectivity index (χ0) is 46.2. The summed E-state index contributed by atoms with van der Waals surface area (Å²) in [7, 11) is 0. The monoisotopic (exact) mass is 861 g/mol. The van der Waals surface area contributed by atoms with Gasteiger partial charge in [-0.2, -0.15) is 0 Å². The number of hydrogen-bond acceptors (Lipinski definition) is 0. The topological polar surface area (TPSA) is 0 Å². The Morgan fingerprint density at radius 3 is 0.969 bits per heavy atom. The maximum Gasteiger partial charge on any atom is -0.0181 e. The van der Waals surface area contributed by atoms with E-state index in [0.29, 0.717) is 0 Å². The molecule has 0 heterocycles. The molecule has 64 heavy (non-hydrogen) atoms. The third-order valence-electron chi connectivity index (χ3n) is 15.5. The first-order chi connectivity index (χ1) is 30.6. The van der Waals surface area contributed by atoms with Crippen LogP contribution in [0.15, 0.2) is 97.1 Å². The molecule has 5 aromatic carbocycles. The van der Waals surface area contributed by atoms with Gasteiger partial charge in [0.1, 0.15) is 0 Å². The lowest BCUT2D eigenvalue weighted by Crippen LogP contribution is -2.29. The Bertz CT molecular complexity index is 1960. The van der Waals surface area contributed by atoms with E-state index in [2.05, 4.69) is 180 Å². The van der Waals surface area contributed by atoms with Crippen LogP contribution in [0.5, 0.6) is 0 Å². The van der Waals surface area contributed by atoms with Crippen molar-refractivity contribution in [1.82, 2.24) is 0 Å².